The Hall–Kier alpha value is -4.21. The second kappa shape index (κ2) is 16.6. The number of benzene rings is 2. The molecular formula is C29H38N4O6. The molecule has 3 atom stereocenters. The summed E-state index contributed by atoms with van der Waals surface area (Å²) in [7, 11) is 1.49. The summed E-state index contributed by atoms with van der Waals surface area (Å²) in [4.78, 5) is 62.1. The fourth-order valence-electron chi connectivity index (χ4n) is 3.81. The number of hydrogen-bond acceptors (Lipinski definition) is 6. The first-order valence-corrected chi connectivity index (χ1v) is 13.0. The van der Waals surface area contributed by atoms with Gasteiger partial charge in [-0.15, -0.1) is 0 Å². The van der Waals surface area contributed by atoms with Crippen molar-refractivity contribution >= 4 is 30.1 Å². The predicted octanol–water partition coefficient (Wildman–Crippen LogP) is 2.26. The molecule has 0 saturated carbocycles. The van der Waals surface area contributed by atoms with E-state index in [4.69, 9.17) is 4.74 Å². The van der Waals surface area contributed by atoms with Crippen LogP contribution in [0.5, 0.6) is 0 Å². The van der Waals surface area contributed by atoms with Crippen molar-refractivity contribution in [3.63, 3.8) is 0 Å². The van der Waals surface area contributed by atoms with Gasteiger partial charge in [0.25, 0.3) is 0 Å². The van der Waals surface area contributed by atoms with E-state index in [0.29, 0.717) is 12.7 Å². The summed E-state index contributed by atoms with van der Waals surface area (Å²) in [6.45, 7) is 3.87. The third-order valence-electron chi connectivity index (χ3n) is 5.90. The number of carbonyl (C=O) groups excluding carboxylic acids is 5. The largest absolute Gasteiger partial charge is 0.445 e. The number of alkyl carbamates (subject to hydrolysis) is 1. The van der Waals surface area contributed by atoms with Crippen molar-refractivity contribution < 1.29 is 28.7 Å². The third-order valence-corrected chi connectivity index (χ3v) is 5.90. The third kappa shape index (κ3) is 11.8. The highest BCUT2D eigenvalue weighted by molar-refractivity contribution is 5.92. The summed E-state index contributed by atoms with van der Waals surface area (Å²) in [5, 5.41) is 10.4. The van der Waals surface area contributed by atoms with Crippen molar-refractivity contribution in [2.45, 2.75) is 64.3 Å². The topological polar surface area (TPSA) is 143 Å². The van der Waals surface area contributed by atoms with Crippen LogP contribution in [0.4, 0.5) is 4.79 Å². The van der Waals surface area contributed by atoms with E-state index in [1.165, 1.54) is 7.05 Å². The number of amides is 4. The van der Waals surface area contributed by atoms with Gasteiger partial charge in [0.2, 0.25) is 17.7 Å². The average Bonchev–Trinajstić information content (AvgIpc) is 2.93. The van der Waals surface area contributed by atoms with E-state index < -0.39 is 36.0 Å². The number of ether oxygens (including phenoxy) is 1. The van der Waals surface area contributed by atoms with Gasteiger partial charge < -0.3 is 30.8 Å². The van der Waals surface area contributed by atoms with Crippen LogP contribution in [0.1, 0.15) is 44.2 Å². The molecule has 0 spiro atoms. The molecule has 2 rings (SSSR count). The second-order valence-electron chi connectivity index (χ2n) is 9.60. The van der Waals surface area contributed by atoms with Crippen LogP contribution in [0.15, 0.2) is 60.7 Å². The quantitative estimate of drug-likeness (QED) is 0.256. The van der Waals surface area contributed by atoms with Crippen molar-refractivity contribution in [3.8, 4) is 0 Å². The number of hydrogen-bond donors (Lipinski definition) is 4. The van der Waals surface area contributed by atoms with Crippen molar-refractivity contribution in [2.75, 3.05) is 7.05 Å². The van der Waals surface area contributed by atoms with E-state index in [0.717, 1.165) is 11.1 Å². The van der Waals surface area contributed by atoms with Crippen LogP contribution in [0.25, 0.3) is 0 Å². The van der Waals surface area contributed by atoms with Crippen LogP contribution in [0.2, 0.25) is 0 Å². The maximum Gasteiger partial charge on any atom is 0.408 e. The molecule has 2 aromatic rings. The molecule has 4 amide bonds. The Morgan fingerprint density at radius 2 is 1.41 bits per heavy atom. The minimum Gasteiger partial charge on any atom is -0.445 e. The van der Waals surface area contributed by atoms with Gasteiger partial charge in [-0.1, -0.05) is 74.5 Å². The number of rotatable bonds is 15. The molecule has 0 unspecified atom stereocenters. The summed E-state index contributed by atoms with van der Waals surface area (Å²) in [5.74, 6) is -1.33. The molecule has 0 aliphatic rings. The number of carbonyl (C=O) groups is 5. The highest BCUT2D eigenvalue weighted by Gasteiger charge is 2.29. The molecule has 0 aliphatic heterocycles. The van der Waals surface area contributed by atoms with Crippen LogP contribution >= 0.6 is 0 Å². The van der Waals surface area contributed by atoms with E-state index >= 15 is 0 Å². The smallest absolute Gasteiger partial charge is 0.408 e. The molecule has 39 heavy (non-hydrogen) atoms. The Morgan fingerprint density at radius 1 is 0.821 bits per heavy atom. The fourth-order valence-corrected chi connectivity index (χ4v) is 3.81. The zero-order chi connectivity index (χ0) is 28.6. The Bertz CT molecular complexity index is 1080. The molecular weight excluding hydrogens is 500 g/mol. The standard InChI is InChI=1S/C29H38N4O6/c1-20(2)16-24(33-29(38)39-19-22-12-8-5-9-13-22)28(37)32-25(17-21-10-6-4-7-11-21)27(36)31-23(18-34)14-15-26(35)30-3/h4-13,18,20,23-25H,14-17,19H2,1-3H3,(H,30,35)(H,31,36)(H,32,37)(H,33,38)/t23-,24-,25-/m0/s1. The summed E-state index contributed by atoms with van der Waals surface area (Å²) in [6.07, 6.45) is 0.460. The van der Waals surface area contributed by atoms with Crippen LogP contribution in [0.3, 0.4) is 0 Å². The van der Waals surface area contributed by atoms with Gasteiger partial charge in [-0.2, -0.15) is 0 Å². The molecule has 0 aromatic heterocycles. The molecule has 2 aromatic carbocycles. The van der Waals surface area contributed by atoms with E-state index in [1.54, 1.807) is 0 Å². The number of aldehydes is 1. The van der Waals surface area contributed by atoms with Gasteiger partial charge in [-0.25, -0.2) is 4.79 Å². The lowest BCUT2D eigenvalue weighted by atomic mass is 10.0. The van der Waals surface area contributed by atoms with Crippen molar-refractivity contribution in [2.24, 2.45) is 5.92 Å². The summed E-state index contributed by atoms with van der Waals surface area (Å²) >= 11 is 0. The molecule has 0 aliphatic carbocycles. The molecule has 0 radical (unpaired) electrons. The molecule has 210 valence electrons. The second-order valence-corrected chi connectivity index (χ2v) is 9.60. The van der Waals surface area contributed by atoms with Gasteiger partial charge in [0.15, 0.2) is 0 Å². The monoisotopic (exact) mass is 538 g/mol. The molecule has 10 nitrogen and oxygen atoms in total. The molecule has 0 bridgehead atoms. The Labute approximate surface area is 229 Å². The molecule has 0 saturated heterocycles. The Balaban J connectivity index is 2.12. The summed E-state index contributed by atoms with van der Waals surface area (Å²) in [5.41, 5.74) is 1.60. The Morgan fingerprint density at radius 3 is 1.97 bits per heavy atom. The molecule has 0 fully saturated rings. The maximum absolute atomic E-state index is 13.3. The lowest BCUT2D eigenvalue weighted by Gasteiger charge is -2.25. The minimum atomic E-state index is -1.03. The highest BCUT2D eigenvalue weighted by atomic mass is 16.5. The number of nitrogens with one attached hydrogen (secondary N) is 4. The first kappa shape index (κ1) is 31.0. The van der Waals surface area contributed by atoms with Crippen molar-refractivity contribution in [3.05, 3.63) is 71.8 Å². The lowest BCUT2D eigenvalue weighted by molar-refractivity contribution is -0.131. The van der Waals surface area contributed by atoms with Crippen LogP contribution < -0.4 is 21.3 Å². The van der Waals surface area contributed by atoms with Gasteiger partial charge >= 0.3 is 6.09 Å². The van der Waals surface area contributed by atoms with Crippen LogP contribution in [-0.2, 0) is 36.9 Å². The Kier molecular flexibility index (Phi) is 13.2. The van der Waals surface area contributed by atoms with E-state index in [9.17, 15) is 24.0 Å². The first-order valence-electron chi connectivity index (χ1n) is 13.0. The lowest BCUT2D eigenvalue weighted by Crippen LogP contribution is -2.56. The molecule has 10 heteroatoms. The highest BCUT2D eigenvalue weighted by Crippen LogP contribution is 2.09. The van der Waals surface area contributed by atoms with Crippen molar-refractivity contribution in [1.29, 1.82) is 0 Å². The summed E-state index contributed by atoms with van der Waals surface area (Å²) < 4.78 is 5.28. The zero-order valence-electron chi connectivity index (χ0n) is 22.6. The normalized spacial score (nSPS) is 12.9. The van der Waals surface area contributed by atoms with Gasteiger partial charge in [0.05, 0.1) is 6.04 Å². The van der Waals surface area contributed by atoms with E-state index in [1.807, 2.05) is 74.5 Å². The van der Waals surface area contributed by atoms with Gasteiger partial charge in [0.1, 0.15) is 25.0 Å². The van der Waals surface area contributed by atoms with Crippen LogP contribution in [-0.4, -0.2) is 55.3 Å². The van der Waals surface area contributed by atoms with E-state index in [2.05, 4.69) is 21.3 Å². The maximum atomic E-state index is 13.3. The SMILES string of the molecule is CNC(=O)CC[C@@H](C=O)NC(=O)[C@H](Cc1ccccc1)NC(=O)[C@H](CC(C)C)NC(=O)OCc1ccccc1. The fraction of sp³-hybridized carbons (Fsp3) is 0.414. The van der Waals surface area contributed by atoms with Gasteiger partial charge in [0, 0.05) is 19.9 Å². The summed E-state index contributed by atoms with van der Waals surface area (Å²) in [6, 6.07) is 15.4. The molecule has 0 heterocycles. The van der Waals surface area contributed by atoms with Crippen LogP contribution in [0, 0.1) is 5.92 Å². The minimum absolute atomic E-state index is 0.0465. The molecule has 4 N–H and O–H groups in total. The first-order chi connectivity index (χ1) is 18.7. The van der Waals surface area contributed by atoms with Gasteiger partial charge in [-0.05, 0) is 29.9 Å². The average molecular weight is 539 g/mol. The van der Waals surface area contributed by atoms with Gasteiger partial charge in [-0.3, -0.25) is 14.4 Å². The van der Waals surface area contributed by atoms with Crippen molar-refractivity contribution in [1.82, 2.24) is 21.3 Å². The predicted molar refractivity (Wildman–Crippen MR) is 146 cm³/mol. The van der Waals surface area contributed by atoms with E-state index in [-0.39, 0.29) is 37.7 Å². The zero-order valence-corrected chi connectivity index (χ0v) is 22.6.